The van der Waals surface area contributed by atoms with Crippen molar-refractivity contribution in [3.63, 3.8) is 0 Å². The Labute approximate surface area is 101 Å². The van der Waals surface area contributed by atoms with E-state index in [9.17, 15) is 23.1 Å². The lowest BCUT2D eigenvalue weighted by Crippen LogP contribution is -2.49. The Bertz CT molecular complexity index is 410. The van der Waals surface area contributed by atoms with Crippen LogP contribution in [0.3, 0.4) is 0 Å². The number of carbonyl (C=O) groups excluding carboxylic acids is 1. The number of halogens is 3. The van der Waals surface area contributed by atoms with Crippen LogP contribution in [0.15, 0.2) is 29.2 Å². The van der Waals surface area contributed by atoms with E-state index in [0.717, 1.165) is 4.90 Å². The van der Waals surface area contributed by atoms with E-state index in [1.54, 1.807) is 0 Å². The number of benzene rings is 1. The lowest BCUT2D eigenvalue weighted by Gasteiger charge is -2.24. The predicted octanol–water partition coefficient (Wildman–Crippen LogP) is 2.90. The largest absolute Gasteiger partial charge is 0.424 e. The van der Waals surface area contributed by atoms with E-state index in [1.165, 1.54) is 36.0 Å². The van der Waals surface area contributed by atoms with Gasteiger partial charge in [0.05, 0.1) is 0 Å². The Balaban J connectivity index is 3.04. The summed E-state index contributed by atoms with van der Waals surface area (Å²) in [6.45, 7) is 0.456. The number of carbonyl (C=O) groups is 1. The fraction of sp³-hybridized carbons (Fsp3) is 0.364. The Hall–Kier alpha value is -1.01. The maximum atomic E-state index is 12.4. The highest BCUT2D eigenvalue weighted by atomic mass is 32.2. The van der Waals surface area contributed by atoms with Gasteiger partial charge in [-0.2, -0.15) is 13.2 Å². The van der Waals surface area contributed by atoms with Crippen molar-refractivity contribution in [2.24, 2.45) is 0 Å². The summed E-state index contributed by atoms with van der Waals surface area (Å²) in [5.74, 6) is -1.35. The smallest absolute Gasteiger partial charge is 0.374 e. The van der Waals surface area contributed by atoms with Crippen LogP contribution in [-0.4, -0.2) is 28.9 Å². The molecule has 1 rings (SSSR count). The molecule has 0 heterocycles. The van der Waals surface area contributed by atoms with Crippen LogP contribution < -0.4 is 0 Å². The first-order valence-corrected chi connectivity index (χ1v) is 5.90. The molecule has 17 heavy (non-hydrogen) atoms. The summed E-state index contributed by atoms with van der Waals surface area (Å²) in [4.78, 5) is 12.4. The summed E-state index contributed by atoms with van der Waals surface area (Å²) >= 11 is 1.41. The number of alkyl halides is 3. The van der Waals surface area contributed by atoms with E-state index in [-0.39, 0.29) is 5.56 Å². The van der Waals surface area contributed by atoms with Crippen molar-refractivity contribution in [1.82, 2.24) is 0 Å². The van der Waals surface area contributed by atoms with Crippen molar-refractivity contribution < 1.29 is 23.1 Å². The average Bonchev–Trinajstić information content (AvgIpc) is 2.26. The summed E-state index contributed by atoms with van der Waals surface area (Å²) in [5.41, 5.74) is -3.52. The van der Waals surface area contributed by atoms with E-state index in [4.69, 9.17) is 0 Å². The monoisotopic (exact) mass is 264 g/mol. The molecule has 2 nitrogen and oxygen atoms in total. The quantitative estimate of drug-likeness (QED) is 0.673. The third kappa shape index (κ3) is 2.81. The Kier molecular flexibility index (Phi) is 3.88. The molecular weight excluding hydrogens is 253 g/mol. The fourth-order valence-corrected chi connectivity index (χ4v) is 1.56. The predicted molar refractivity (Wildman–Crippen MR) is 59.2 cm³/mol. The number of hydrogen-bond acceptors (Lipinski definition) is 3. The summed E-state index contributed by atoms with van der Waals surface area (Å²) in [7, 11) is 0. The van der Waals surface area contributed by atoms with E-state index in [1.807, 2.05) is 6.26 Å². The summed E-state index contributed by atoms with van der Waals surface area (Å²) < 4.78 is 37.3. The molecule has 1 aromatic rings. The summed E-state index contributed by atoms with van der Waals surface area (Å²) in [6.07, 6.45) is -3.18. The molecule has 0 aliphatic carbocycles. The van der Waals surface area contributed by atoms with Crippen molar-refractivity contribution in [1.29, 1.82) is 0 Å². The molecular formula is C11H11F3O2S. The molecule has 6 heteroatoms. The number of aliphatic hydroxyl groups is 1. The van der Waals surface area contributed by atoms with Gasteiger partial charge in [0, 0.05) is 10.5 Å². The summed E-state index contributed by atoms with van der Waals surface area (Å²) in [5, 5.41) is 9.22. The van der Waals surface area contributed by atoms with E-state index >= 15 is 0 Å². The molecule has 1 N–H and O–H groups in total. The molecule has 0 saturated heterocycles. The van der Waals surface area contributed by atoms with Crippen LogP contribution in [-0.2, 0) is 0 Å². The van der Waals surface area contributed by atoms with E-state index in [0.29, 0.717) is 6.92 Å². The second-order valence-corrected chi connectivity index (χ2v) is 4.51. The first-order valence-electron chi connectivity index (χ1n) is 4.68. The van der Waals surface area contributed by atoms with Crippen molar-refractivity contribution in [2.75, 3.05) is 6.26 Å². The minimum Gasteiger partial charge on any atom is -0.374 e. The molecule has 0 spiro atoms. The van der Waals surface area contributed by atoms with Crippen LogP contribution in [0.1, 0.15) is 17.3 Å². The molecule has 0 radical (unpaired) electrons. The highest BCUT2D eigenvalue weighted by molar-refractivity contribution is 7.98. The van der Waals surface area contributed by atoms with Gasteiger partial charge in [0.1, 0.15) is 0 Å². The van der Waals surface area contributed by atoms with Crippen molar-refractivity contribution in [3.05, 3.63) is 29.8 Å². The van der Waals surface area contributed by atoms with Gasteiger partial charge in [-0.25, -0.2) is 0 Å². The van der Waals surface area contributed by atoms with Gasteiger partial charge in [-0.3, -0.25) is 4.79 Å². The van der Waals surface area contributed by atoms with Crippen LogP contribution in [0, 0.1) is 0 Å². The van der Waals surface area contributed by atoms with Crippen LogP contribution in [0.25, 0.3) is 0 Å². The molecule has 0 bridgehead atoms. The molecule has 0 unspecified atom stereocenters. The number of hydrogen-bond donors (Lipinski definition) is 1. The molecule has 94 valence electrons. The molecule has 0 fully saturated rings. The lowest BCUT2D eigenvalue weighted by atomic mass is 9.94. The molecule has 0 aliphatic rings. The molecule has 1 aromatic carbocycles. The van der Waals surface area contributed by atoms with Crippen LogP contribution in [0.2, 0.25) is 0 Å². The van der Waals surface area contributed by atoms with Gasteiger partial charge in [-0.1, -0.05) is 12.1 Å². The molecule has 1 atom stereocenters. The number of thioether (sulfide) groups is 1. The summed E-state index contributed by atoms with van der Waals surface area (Å²) in [6, 6.07) is 5.61. The molecule has 0 saturated carbocycles. The second-order valence-electron chi connectivity index (χ2n) is 3.63. The molecule has 0 amide bonds. The SMILES string of the molecule is CSc1ccc(C(=O)[C@@](C)(O)C(F)(F)F)cc1. The first kappa shape index (κ1) is 14.1. The van der Waals surface area contributed by atoms with Gasteiger partial charge < -0.3 is 5.11 Å². The topological polar surface area (TPSA) is 37.3 Å². The van der Waals surface area contributed by atoms with E-state index in [2.05, 4.69) is 0 Å². The third-order valence-electron chi connectivity index (χ3n) is 2.35. The van der Waals surface area contributed by atoms with Crippen molar-refractivity contribution in [3.8, 4) is 0 Å². The second kappa shape index (κ2) is 4.70. The third-order valence-corrected chi connectivity index (χ3v) is 3.09. The number of rotatable bonds is 3. The van der Waals surface area contributed by atoms with E-state index < -0.39 is 17.6 Å². The lowest BCUT2D eigenvalue weighted by molar-refractivity contribution is -0.229. The van der Waals surface area contributed by atoms with Gasteiger partial charge in [0.2, 0.25) is 11.4 Å². The minimum atomic E-state index is -4.98. The average molecular weight is 264 g/mol. The molecule has 0 aliphatic heterocycles. The van der Waals surface area contributed by atoms with Crippen LogP contribution in [0.5, 0.6) is 0 Å². The van der Waals surface area contributed by atoms with Crippen LogP contribution >= 0.6 is 11.8 Å². The van der Waals surface area contributed by atoms with Gasteiger partial charge in [-0.15, -0.1) is 11.8 Å². The maximum absolute atomic E-state index is 12.4. The maximum Gasteiger partial charge on any atom is 0.424 e. The minimum absolute atomic E-state index is 0.162. The van der Waals surface area contributed by atoms with Crippen molar-refractivity contribution in [2.45, 2.75) is 23.6 Å². The van der Waals surface area contributed by atoms with Gasteiger partial charge in [0.25, 0.3) is 0 Å². The van der Waals surface area contributed by atoms with Gasteiger partial charge >= 0.3 is 6.18 Å². The fourth-order valence-electron chi connectivity index (χ4n) is 1.15. The highest BCUT2D eigenvalue weighted by Crippen LogP contribution is 2.33. The van der Waals surface area contributed by atoms with Gasteiger partial charge in [-0.05, 0) is 25.3 Å². The first-order chi connectivity index (χ1) is 7.70. The standard InChI is InChI=1S/C11H11F3O2S/c1-10(16,11(12,13)14)9(15)7-3-5-8(17-2)6-4-7/h3-6,16H,1-2H3/t10-/m1/s1. The Morgan fingerprint density at radius 3 is 2.06 bits per heavy atom. The Morgan fingerprint density at radius 2 is 1.71 bits per heavy atom. The zero-order valence-electron chi connectivity index (χ0n) is 9.21. The number of Topliss-reactive ketones (excluding diaryl/α,β-unsaturated/α-hetero) is 1. The normalized spacial score (nSPS) is 15.4. The van der Waals surface area contributed by atoms with Crippen LogP contribution in [0.4, 0.5) is 13.2 Å². The van der Waals surface area contributed by atoms with Gasteiger partial charge in [0.15, 0.2) is 0 Å². The number of ketones is 1. The zero-order valence-corrected chi connectivity index (χ0v) is 10.0. The highest BCUT2D eigenvalue weighted by Gasteiger charge is 2.55. The zero-order chi connectivity index (χ0) is 13.3. The molecule has 0 aromatic heterocycles. The van der Waals surface area contributed by atoms with Crippen molar-refractivity contribution >= 4 is 17.5 Å². The Morgan fingerprint density at radius 1 is 1.24 bits per heavy atom.